The molecule has 62 valence electrons. The minimum absolute atomic E-state index is 0.496. The van der Waals surface area contributed by atoms with Gasteiger partial charge in [-0.3, -0.25) is 4.79 Å². The number of Topliss-reactive ketones (excluding diaryl/α,β-unsaturated/α-hetero) is 1. The van der Waals surface area contributed by atoms with E-state index in [9.17, 15) is 4.79 Å². The van der Waals surface area contributed by atoms with Crippen molar-refractivity contribution in [1.82, 2.24) is 0 Å². The number of hydrogen-bond donors (Lipinski definition) is 0. The Morgan fingerprint density at radius 3 is 2.45 bits per heavy atom. The first-order chi connectivity index (χ1) is 5.38. The molecule has 0 radical (unpaired) electrons. The molecule has 0 aromatic carbocycles. The predicted molar refractivity (Wildman–Crippen MR) is 44.3 cm³/mol. The van der Waals surface area contributed by atoms with Crippen LogP contribution in [0.15, 0.2) is 0 Å². The molecule has 0 aromatic heterocycles. The van der Waals surface area contributed by atoms with Crippen molar-refractivity contribution in [3.8, 4) is 0 Å². The Labute approximate surface area is 68.2 Å². The SMILES string of the molecule is O=C1CC2CCCCCCC12. The van der Waals surface area contributed by atoms with E-state index in [0.717, 1.165) is 12.3 Å². The molecular formula is C10H16O. The smallest absolute Gasteiger partial charge is 0.136 e. The third kappa shape index (κ3) is 1.33. The zero-order chi connectivity index (χ0) is 7.68. The number of ketones is 1. The second kappa shape index (κ2) is 2.96. The second-order valence-corrected chi connectivity index (χ2v) is 4.03. The highest BCUT2D eigenvalue weighted by molar-refractivity contribution is 5.87. The summed E-state index contributed by atoms with van der Waals surface area (Å²) in [6.45, 7) is 0. The van der Waals surface area contributed by atoms with Gasteiger partial charge in [-0.25, -0.2) is 0 Å². The summed E-state index contributed by atoms with van der Waals surface area (Å²) in [5.74, 6) is 1.84. The van der Waals surface area contributed by atoms with Gasteiger partial charge in [0.1, 0.15) is 5.78 Å². The molecular weight excluding hydrogens is 136 g/mol. The van der Waals surface area contributed by atoms with E-state index in [-0.39, 0.29) is 0 Å². The molecule has 0 saturated heterocycles. The molecule has 0 spiro atoms. The van der Waals surface area contributed by atoms with E-state index >= 15 is 0 Å². The number of rotatable bonds is 0. The first kappa shape index (κ1) is 7.33. The highest BCUT2D eigenvalue weighted by Gasteiger charge is 2.38. The molecule has 0 aliphatic heterocycles. The van der Waals surface area contributed by atoms with Gasteiger partial charge in [-0.05, 0) is 18.8 Å². The van der Waals surface area contributed by atoms with Crippen LogP contribution in [0.1, 0.15) is 44.9 Å². The Kier molecular flexibility index (Phi) is 1.97. The summed E-state index contributed by atoms with van der Waals surface area (Å²) in [6, 6.07) is 0. The highest BCUT2D eigenvalue weighted by atomic mass is 16.1. The van der Waals surface area contributed by atoms with Gasteiger partial charge in [0.15, 0.2) is 0 Å². The topological polar surface area (TPSA) is 17.1 Å². The summed E-state index contributed by atoms with van der Waals surface area (Å²) in [5, 5.41) is 0. The van der Waals surface area contributed by atoms with Gasteiger partial charge >= 0.3 is 0 Å². The van der Waals surface area contributed by atoms with Crippen molar-refractivity contribution in [3.63, 3.8) is 0 Å². The maximum Gasteiger partial charge on any atom is 0.136 e. The molecule has 2 fully saturated rings. The summed E-state index contributed by atoms with van der Waals surface area (Å²) >= 11 is 0. The number of fused-ring (bicyclic) bond motifs is 1. The highest BCUT2D eigenvalue weighted by Crippen LogP contribution is 2.39. The maximum atomic E-state index is 11.1. The average Bonchev–Trinajstić information content (AvgIpc) is 1.96. The lowest BCUT2D eigenvalue weighted by atomic mass is 9.67. The summed E-state index contributed by atoms with van der Waals surface area (Å²) in [7, 11) is 0. The first-order valence-electron chi connectivity index (χ1n) is 4.90. The van der Waals surface area contributed by atoms with Gasteiger partial charge in [-0.1, -0.05) is 25.7 Å². The molecule has 0 bridgehead atoms. The largest absolute Gasteiger partial charge is 0.299 e. The Balaban J connectivity index is 1.92. The fourth-order valence-electron chi connectivity index (χ4n) is 2.48. The quantitative estimate of drug-likeness (QED) is 0.521. The Morgan fingerprint density at radius 1 is 1.00 bits per heavy atom. The molecule has 2 rings (SSSR count). The molecule has 0 amide bonds. The lowest BCUT2D eigenvalue weighted by Crippen LogP contribution is -2.37. The van der Waals surface area contributed by atoms with Crippen molar-refractivity contribution in [1.29, 1.82) is 0 Å². The van der Waals surface area contributed by atoms with Crippen LogP contribution in [0.5, 0.6) is 0 Å². The fraction of sp³-hybridized carbons (Fsp3) is 0.900. The van der Waals surface area contributed by atoms with Crippen molar-refractivity contribution in [2.24, 2.45) is 11.8 Å². The predicted octanol–water partition coefficient (Wildman–Crippen LogP) is 2.55. The second-order valence-electron chi connectivity index (χ2n) is 4.03. The van der Waals surface area contributed by atoms with Gasteiger partial charge in [-0.2, -0.15) is 0 Å². The van der Waals surface area contributed by atoms with Crippen LogP contribution in [0.25, 0.3) is 0 Å². The summed E-state index contributed by atoms with van der Waals surface area (Å²) in [6.07, 6.45) is 8.86. The van der Waals surface area contributed by atoms with Crippen molar-refractivity contribution >= 4 is 5.78 Å². The van der Waals surface area contributed by atoms with Gasteiger partial charge in [0.25, 0.3) is 0 Å². The molecule has 1 nitrogen and oxygen atoms in total. The Morgan fingerprint density at radius 2 is 1.73 bits per heavy atom. The van der Waals surface area contributed by atoms with Crippen LogP contribution >= 0.6 is 0 Å². The van der Waals surface area contributed by atoms with E-state index < -0.39 is 0 Å². The van der Waals surface area contributed by atoms with Crippen LogP contribution < -0.4 is 0 Å². The summed E-state index contributed by atoms with van der Waals surface area (Å²) in [5.41, 5.74) is 0. The van der Waals surface area contributed by atoms with Crippen molar-refractivity contribution in [2.75, 3.05) is 0 Å². The minimum atomic E-state index is 0.496. The van der Waals surface area contributed by atoms with Crippen molar-refractivity contribution < 1.29 is 4.79 Å². The Hall–Kier alpha value is -0.330. The van der Waals surface area contributed by atoms with Gasteiger partial charge in [0, 0.05) is 12.3 Å². The monoisotopic (exact) mass is 152 g/mol. The lowest BCUT2D eigenvalue weighted by Gasteiger charge is -2.36. The molecule has 2 atom stereocenters. The van der Waals surface area contributed by atoms with E-state index in [1.165, 1.54) is 38.5 Å². The van der Waals surface area contributed by atoms with E-state index in [1.807, 2.05) is 0 Å². The van der Waals surface area contributed by atoms with E-state index in [4.69, 9.17) is 0 Å². The molecule has 11 heavy (non-hydrogen) atoms. The van der Waals surface area contributed by atoms with Gasteiger partial charge in [-0.15, -0.1) is 0 Å². The molecule has 2 saturated carbocycles. The fourth-order valence-corrected chi connectivity index (χ4v) is 2.48. The molecule has 0 heterocycles. The van der Waals surface area contributed by atoms with Gasteiger partial charge in [0.2, 0.25) is 0 Å². The average molecular weight is 152 g/mol. The number of hydrogen-bond acceptors (Lipinski definition) is 1. The molecule has 0 N–H and O–H groups in total. The van der Waals surface area contributed by atoms with Gasteiger partial charge < -0.3 is 0 Å². The number of carbonyl (C=O) groups is 1. The first-order valence-corrected chi connectivity index (χ1v) is 4.90. The van der Waals surface area contributed by atoms with E-state index in [1.54, 1.807) is 0 Å². The van der Waals surface area contributed by atoms with Crippen molar-refractivity contribution in [2.45, 2.75) is 44.9 Å². The molecule has 0 aromatic rings. The zero-order valence-corrected chi connectivity index (χ0v) is 7.01. The van der Waals surface area contributed by atoms with Crippen LogP contribution in [-0.4, -0.2) is 5.78 Å². The standard InChI is InChI=1S/C10H16O/c11-10-7-8-5-3-1-2-4-6-9(8)10/h8-9H,1-7H2. The van der Waals surface area contributed by atoms with Gasteiger partial charge in [0.05, 0.1) is 0 Å². The van der Waals surface area contributed by atoms with Crippen LogP contribution in [0.3, 0.4) is 0 Å². The summed E-state index contributed by atoms with van der Waals surface area (Å²) in [4.78, 5) is 11.1. The van der Waals surface area contributed by atoms with Crippen LogP contribution in [0.4, 0.5) is 0 Å². The molecule has 2 aliphatic rings. The third-order valence-corrected chi connectivity index (χ3v) is 3.29. The van der Waals surface area contributed by atoms with E-state index in [2.05, 4.69) is 0 Å². The summed E-state index contributed by atoms with van der Waals surface area (Å²) < 4.78 is 0. The molecule has 2 unspecified atom stereocenters. The van der Waals surface area contributed by atoms with Crippen LogP contribution in [-0.2, 0) is 4.79 Å². The Bertz CT molecular complexity index is 162. The van der Waals surface area contributed by atoms with Crippen LogP contribution in [0.2, 0.25) is 0 Å². The normalized spacial score (nSPS) is 38.4. The van der Waals surface area contributed by atoms with Crippen molar-refractivity contribution in [3.05, 3.63) is 0 Å². The zero-order valence-electron chi connectivity index (χ0n) is 7.01. The molecule has 2 aliphatic carbocycles. The third-order valence-electron chi connectivity index (χ3n) is 3.29. The minimum Gasteiger partial charge on any atom is -0.299 e. The van der Waals surface area contributed by atoms with E-state index in [0.29, 0.717) is 11.7 Å². The number of carbonyl (C=O) groups excluding carboxylic acids is 1. The lowest BCUT2D eigenvalue weighted by molar-refractivity contribution is -0.135. The maximum absolute atomic E-state index is 11.1. The van der Waals surface area contributed by atoms with Crippen LogP contribution in [0, 0.1) is 11.8 Å². The molecule has 1 heteroatoms.